The second-order valence-electron chi connectivity index (χ2n) is 10.7. The summed E-state index contributed by atoms with van der Waals surface area (Å²) in [5.74, 6) is 1.49. The van der Waals surface area contributed by atoms with Crippen LogP contribution in [-0.2, 0) is 31.0 Å². The molecule has 0 radical (unpaired) electrons. The average Bonchev–Trinajstić information content (AvgIpc) is 3.64. The van der Waals surface area contributed by atoms with Gasteiger partial charge in [0.15, 0.2) is 11.5 Å². The SMILES string of the molecule is O=C(O)CCCn1c(-c2ccccc2)nc(-c2ccccc2)c1CN(Cc1ccc2c(c1)OCO2)Cc1ccc(O)cc1Cl. The number of nitrogens with zero attached hydrogens (tertiary/aromatic N) is 3. The number of carboxylic acids is 1. The van der Waals surface area contributed by atoms with E-state index in [0.717, 1.165) is 45.2 Å². The van der Waals surface area contributed by atoms with Gasteiger partial charge in [0, 0.05) is 48.7 Å². The van der Waals surface area contributed by atoms with Gasteiger partial charge in [-0.15, -0.1) is 0 Å². The number of halogens is 1. The van der Waals surface area contributed by atoms with E-state index in [1.54, 1.807) is 12.1 Å². The van der Waals surface area contributed by atoms with E-state index in [0.29, 0.717) is 43.4 Å². The van der Waals surface area contributed by atoms with Gasteiger partial charge in [-0.05, 0) is 41.8 Å². The molecular weight excluding hydrogens is 578 g/mol. The van der Waals surface area contributed by atoms with Crippen LogP contribution in [0.3, 0.4) is 0 Å². The Bertz CT molecular complexity index is 1760. The molecule has 0 saturated carbocycles. The minimum atomic E-state index is -0.831. The molecule has 2 heterocycles. The normalized spacial score (nSPS) is 12.1. The molecule has 1 aromatic heterocycles. The Morgan fingerprint density at radius 2 is 1.59 bits per heavy atom. The molecule has 4 aromatic carbocycles. The lowest BCUT2D eigenvalue weighted by Crippen LogP contribution is -2.25. The first-order valence-corrected chi connectivity index (χ1v) is 14.8. The van der Waals surface area contributed by atoms with E-state index < -0.39 is 5.97 Å². The van der Waals surface area contributed by atoms with Crippen molar-refractivity contribution < 1.29 is 24.5 Å². The van der Waals surface area contributed by atoms with Gasteiger partial charge in [-0.25, -0.2) is 4.98 Å². The van der Waals surface area contributed by atoms with Gasteiger partial charge < -0.3 is 24.3 Å². The van der Waals surface area contributed by atoms with Crippen LogP contribution in [0.1, 0.15) is 29.7 Å². The first-order chi connectivity index (χ1) is 21.4. The molecule has 0 amide bonds. The highest BCUT2D eigenvalue weighted by atomic mass is 35.5. The third-order valence-electron chi connectivity index (χ3n) is 7.57. The average molecular weight is 610 g/mol. The maximum Gasteiger partial charge on any atom is 0.303 e. The number of benzene rings is 4. The standard InChI is InChI=1S/C35H32ClN3O5/c36-29-19-28(40)15-14-27(29)21-38(20-24-13-16-31-32(18-24)44-23-43-31)22-30-34(25-8-3-1-4-9-25)37-35(26-10-5-2-6-11-26)39(30)17-7-12-33(41)42/h1-6,8-11,13-16,18-19,40H,7,12,17,20-23H2,(H,41,42). The molecule has 44 heavy (non-hydrogen) atoms. The van der Waals surface area contributed by atoms with Crippen LogP contribution in [0.4, 0.5) is 0 Å². The zero-order chi connectivity index (χ0) is 30.5. The number of phenols is 1. The Morgan fingerprint density at radius 1 is 0.864 bits per heavy atom. The van der Waals surface area contributed by atoms with Gasteiger partial charge in [0.25, 0.3) is 0 Å². The first-order valence-electron chi connectivity index (χ1n) is 14.4. The van der Waals surface area contributed by atoms with E-state index in [1.807, 2.05) is 84.9 Å². The molecule has 0 aliphatic carbocycles. The molecule has 1 aliphatic heterocycles. The molecule has 0 spiro atoms. The molecule has 0 bridgehead atoms. The zero-order valence-electron chi connectivity index (χ0n) is 24.0. The summed E-state index contributed by atoms with van der Waals surface area (Å²) in [4.78, 5) is 18.9. The molecule has 0 unspecified atom stereocenters. The zero-order valence-corrected chi connectivity index (χ0v) is 24.8. The quantitative estimate of drug-likeness (QED) is 0.152. The highest BCUT2D eigenvalue weighted by Crippen LogP contribution is 2.35. The summed E-state index contributed by atoms with van der Waals surface area (Å²) in [6, 6.07) is 31.0. The molecule has 5 aromatic rings. The fraction of sp³-hybridized carbons (Fsp3) is 0.200. The summed E-state index contributed by atoms with van der Waals surface area (Å²) in [5.41, 5.74) is 5.64. The number of rotatable bonds is 12. The third-order valence-corrected chi connectivity index (χ3v) is 7.92. The molecule has 224 valence electrons. The monoisotopic (exact) mass is 609 g/mol. The number of hydrogen-bond acceptors (Lipinski definition) is 6. The third kappa shape index (κ3) is 6.72. The maximum absolute atomic E-state index is 11.5. The van der Waals surface area contributed by atoms with Gasteiger partial charge >= 0.3 is 5.97 Å². The second kappa shape index (κ2) is 13.2. The van der Waals surface area contributed by atoms with Crippen molar-refractivity contribution in [3.63, 3.8) is 0 Å². The minimum Gasteiger partial charge on any atom is -0.508 e. The fourth-order valence-electron chi connectivity index (χ4n) is 5.49. The first kappa shape index (κ1) is 29.3. The number of fused-ring (bicyclic) bond motifs is 1. The lowest BCUT2D eigenvalue weighted by molar-refractivity contribution is -0.137. The number of aromatic nitrogens is 2. The molecule has 8 nitrogen and oxygen atoms in total. The number of hydrogen-bond donors (Lipinski definition) is 2. The lowest BCUT2D eigenvalue weighted by atomic mass is 10.1. The molecular formula is C35H32ClN3O5. The Kier molecular flexibility index (Phi) is 8.81. The van der Waals surface area contributed by atoms with Crippen molar-refractivity contribution in [3.05, 3.63) is 119 Å². The van der Waals surface area contributed by atoms with Gasteiger partial charge in [-0.2, -0.15) is 0 Å². The summed E-state index contributed by atoms with van der Waals surface area (Å²) in [5, 5.41) is 19.9. The van der Waals surface area contributed by atoms with Gasteiger partial charge in [-0.3, -0.25) is 9.69 Å². The predicted octanol–water partition coefficient (Wildman–Crippen LogP) is 7.37. The van der Waals surface area contributed by atoms with E-state index in [-0.39, 0.29) is 19.0 Å². The summed E-state index contributed by atoms with van der Waals surface area (Å²) in [6.07, 6.45) is 0.509. The Morgan fingerprint density at radius 3 is 2.32 bits per heavy atom. The number of ether oxygens (including phenoxy) is 2. The van der Waals surface area contributed by atoms with Crippen LogP contribution in [0.5, 0.6) is 17.2 Å². The number of aromatic hydroxyl groups is 1. The van der Waals surface area contributed by atoms with Crippen molar-refractivity contribution in [3.8, 4) is 39.9 Å². The van der Waals surface area contributed by atoms with Crippen molar-refractivity contribution in [1.29, 1.82) is 0 Å². The van der Waals surface area contributed by atoms with Gasteiger partial charge in [-0.1, -0.05) is 84.4 Å². The van der Waals surface area contributed by atoms with Crippen molar-refractivity contribution in [2.45, 2.75) is 39.0 Å². The molecule has 0 fully saturated rings. The van der Waals surface area contributed by atoms with Crippen LogP contribution in [-0.4, -0.2) is 37.4 Å². The Hall–Kier alpha value is -4.79. The number of imidazole rings is 1. The van der Waals surface area contributed by atoms with Crippen LogP contribution in [0.25, 0.3) is 22.6 Å². The molecule has 6 rings (SSSR count). The van der Waals surface area contributed by atoms with Crippen LogP contribution in [0.2, 0.25) is 5.02 Å². The molecule has 1 aliphatic rings. The van der Waals surface area contributed by atoms with E-state index in [2.05, 4.69) is 9.47 Å². The van der Waals surface area contributed by atoms with Crippen molar-refractivity contribution in [1.82, 2.24) is 14.5 Å². The summed E-state index contributed by atoms with van der Waals surface area (Å²) >= 11 is 6.60. The van der Waals surface area contributed by atoms with Crippen molar-refractivity contribution in [2.24, 2.45) is 0 Å². The van der Waals surface area contributed by atoms with Gasteiger partial charge in [0.05, 0.1) is 11.4 Å². The summed E-state index contributed by atoms with van der Waals surface area (Å²) in [7, 11) is 0. The van der Waals surface area contributed by atoms with E-state index in [4.69, 9.17) is 26.1 Å². The summed E-state index contributed by atoms with van der Waals surface area (Å²) < 4.78 is 13.3. The highest BCUT2D eigenvalue weighted by Gasteiger charge is 2.23. The fourth-order valence-corrected chi connectivity index (χ4v) is 5.73. The number of aliphatic carboxylic acids is 1. The molecule has 9 heteroatoms. The Balaban J connectivity index is 1.45. The molecule has 0 saturated heterocycles. The van der Waals surface area contributed by atoms with Crippen LogP contribution < -0.4 is 9.47 Å². The van der Waals surface area contributed by atoms with E-state index >= 15 is 0 Å². The van der Waals surface area contributed by atoms with Crippen LogP contribution in [0, 0.1) is 0 Å². The maximum atomic E-state index is 11.5. The highest BCUT2D eigenvalue weighted by molar-refractivity contribution is 6.31. The molecule has 2 N–H and O–H groups in total. The van der Waals surface area contributed by atoms with Crippen molar-refractivity contribution >= 4 is 17.6 Å². The number of phenolic OH excluding ortho intramolecular Hbond substituents is 1. The van der Waals surface area contributed by atoms with Gasteiger partial charge in [0.2, 0.25) is 6.79 Å². The largest absolute Gasteiger partial charge is 0.508 e. The second-order valence-corrected chi connectivity index (χ2v) is 11.1. The Labute approximate surface area is 260 Å². The minimum absolute atomic E-state index is 0.0521. The molecule has 0 atom stereocenters. The lowest BCUT2D eigenvalue weighted by Gasteiger charge is -2.25. The van der Waals surface area contributed by atoms with E-state index in [9.17, 15) is 15.0 Å². The van der Waals surface area contributed by atoms with Crippen molar-refractivity contribution in [2.75, 3.05) is 6.79 Å². The predicted molar refractivity (Wildman–Crippen MR) is 169 cm³/mol. The topological polar surface area (TPSA) is 97.1 Å². The van der Waals surface area contributed by atoms with Crippen LogP contribution >= 0.6 is 11.6 Å². The summed E-state index contributed by atoms with van der Waals surface area (Å²) in [6.45, 7) is 2.22. The number of carboxylic acid groups (broad SMARTS) is 1. The van der Waals surface area contributed by atoms with Crippen LogP contribution in [0.15, 0.2) is 97.1 Å². The van der Waals surface area contributed by atoms with E-state index in [1.165, 1.54) is 0 Å². The smallest absolute Gasteiger partial charge is 0.303 e. The van der Waals surface area contributed by atoms with Gasteiger partial charge in [0.1, 0.15) is 11.6 Å². The number of carbonyl (C=O) groups is 1.